The molecule has 0 aliphatic heterocycles. The summed E-state index contributed by atoms with van der Waals surface area (Å²) < 4.78 is 49.1. The van der Waals surface area contributed by atoms with Gasteiger partial charge in [-0.3, -0.25) is 4.79 Å². The van der Waals surface area contributed by atoms with E-state index in [9.17, 15) is 18.0 Å². The van der Waals surface area contributed by atoms with E-state index in [2.05, 4.69) is 22.3 Å². The Labute approximate surface area is 174 Å². The Kier molecular flexibility index (Phi) is 8.53. The highest BCUT2D eigenvalue weighted by Crippen LogP contribution is 2.38. The molecule has 164 valence electrons. The Balaban J connectivity index is 1.91. The highest BCUT2D eigenvalue weighted by atomic mass is 19.4. The molecule has 2 aromatic rings. The Morgan fingerprint density at radius 1 is 1.03 bits per heavy atom. The third-order valence-corrected chi connectivity index (χ3v) is 4.69. The number of benzene rings is 2. The second-order valence-electron chi connectivity index (χ2n) is 6.90. The minimum Gasteiger partial charge on any atom is -0.496 e. The molecule has 0 unspecified atom stereocenters. The van der Waals surface area contributed by atoms with Gasteiger partial charge in [-0.05, 0) is 44.1 Å². The number of carbonyl (C=O) groups is 1. The maximum Gasteiger partial charge on any atom is 0.416 e. The first-order valence-electron chi connectivity index (χ1n) is 9.60. The third kappa shape index (κ3) is 6.66. The van der Waals surface area contributed by atoms with Crippen LogP contribution in [0.5, 0.6) is 11.5 Å². The van der Waals surface area contributed by atoms with Crippen molar-refractivity contribution < 1.29 is 27.4 Å². The van der Waals surface area contributed by atoms with Crippen molar-refractivity contribution in [2.75, 3.05) is 40.9 Å². The Morgan fingerprint density at radius 2 is 1.63 bits per heavy atom. The molecule has 30 heavy (non-hydrogen) atoms. The number of nitrogens with one attached hydrogen (secondary N) is 1. The topological polar surface area (TPSA) is 50.8 Å². The van der Waals surface area contributed by atoms with Crippen molar-refractivity contribution in [1.82, 2.24) is 10.2 Å². The normalized spacial score (nSPS) is 11.4. The molecule has 0 atom stereocenters. The van der Waals surface area contributed by atoms with Crippen LogP contribution in [-0.2, 0) is 12.6 Å². The van der Waals surface area contributed by atoms with Crippen LogP contribution in [0.25, 0.3) is 0 Å². The van der Waals surface area contributed by atoms with Crippen molar-refractivity contribution in [3.63, 3.8) is 0 Å². The average molecular weight is 424 g/mol. The molecule has 0 heterocycles. The number of amides is 1. The summed E-state index contributed by atoms with van der Waals surface area (Å²) in [6.45, 7) is 1.80. The van der Waals surface area contributed by atoms with Crippen molar-refractivity contribution in [2.24, 2.45) is 0 Å². The standard InChI is InChI=1S/C22H27F3N2O3/c1-27(12-7-10-16-8-5-4-6-9-16)13-11-26-21(28)20-18(29-2)14-17(22(23,24)25)15-19(20)30-3/h4-6,8-9,14-15H,7,10-13H2,1-3H3,(H,26,28). The minimum atomic E-state index is -4.57. The van der Waals surface area contributed by atoms with Gasteiger partial charge in [0.25, 0.3) is 5.91 Å². The maximum atomic E-state index is 13.0. The Hall–Kier alpha value is -2.74. The van der Waals surface area contributed by atoms with Gasteiger partial charge in [-0.25, -0.2) is 0 Å². The number of likely N-dealkylation sites (N-methyl/N-ethyl adjacent to an activating group) is 1. The summed E-state index contributed by atoms with van der Waals surface area (Å²) >= 11 is 0. The highest BCUT2D eigenvalue weighted by molar-refractivity contribution is 5.99. The maximum absolute atomic E-state index is 13.0. The Bertz CT molecular complexity index is 801. The lowest BCUT2D eigenvalue weighted by atomic mass is 10.1. The fourth-order valence-electron chi connectivity index (χ4n) is 3.06. The number of hydrogen-bond acceptors (Lipinski definition) is 4. The summed E-state index contributed by atoms with van der Waals surface area (Å²) in [4.78, 5) is 14.7. The van der Waals surface area contributed by atoms with Gasteiger partial charge in [0.2, 0.25) is 0 Å². The predicted molar refractivity (Wildman–Crippen MR) is 109 cm³/mol. The smallest absolute Gasteiger partial charge is 0.416 e. The van der Waals surface area contributed by atoms with Crippen LogP contribution in [0.1, 0.15) is 27.9 Å². The van der Waals surface area contributed by atoms with E-state index in [0.29, 0.717) is 13.1 Å². The van der Waals surface area contributed by atoms with Crippen LogP contribution in [0.4, 0.5) is 13.2 Å². The fraction of sp³-hybridized carbons (Fsp3) is 0.409. The van der Waals surface area contributed by atoms with E-state index >= 15 is 0 Å². The van der Waals surface area contributed by atoms with E-state index in [4.69, 9.17) is 9.47 Å². The molecule has 5 nitrogen and oxygen atoms in total. The summed E-state index contributed by atoms with van der Waals surface area (Å²) in [5.74, 6) is -0.916. The summed E-state index contributed by atoms with van der Waals surface area (Å²) in [5, 5.41) is 2.72. The molecule has 0 spiro atoms. The zero-order valence-electron chi connectivity index (χ0n) is 17.4. The van der Waals surface area contributed by atoms with Gasteiger partial charge < -0.3 is 19.7 Å². The van der Waals surface area contributed by atoms with Gasteiger partial charge in [-0.15, -0.1) is 0 Å². The monoisotopic (exact) mass is 424 g/mol. The molecule has 0 bridgehead atoms. The molecule has 1 amide bonds. The molecule has 2 aromatic carbocycles. The number of alkyl halides is 3. The molecule has 0 radical (unpaired) electrons. The number of halogens is 3. The minimum absolute atomic E-state index is 0.0558. The number of hydrogen-bond donors (Lipinski definition) is 1. The van der Waals surface area contributed by atoms with Gasteiger partial charge in [0.1, 0.15) is 17.1 Å². The zero-order valence-corrected chi connectivity index (χ0v) is 17.4. The van der Waals surface area contributed by atoms with Crippen molar-refractivity contribution >= 4 is 5.91 Å². The first-order chi connectivity index (χ1) is 14.3. The molecule has 0 fully saturated rings. The van der Waals surface area contributed by atoms with Crippen LogP contribution >= 0.6 is 0 Å². The summed E-state index contributed by atoms with van der Waals surface area (Å²) in [5.41, 5.74) is 0.284. The van der Waals surface area contributed by atoms with Crippen LogP contribution in [-0.4, -0.2) is 51.7 Å². The fourth-order valence-corrected chi connectivity index (χ4v) is 3.06. The highest BCUT2D eigenvalue weighted by Gasteiger charge is 2.34. The number of methoxy groups -OCH3 is 2. The summed E-state index contributed by atoms with van der Waals surface area (Å²) in [6.07, 6.45) is -2.62. The lowest BCUT2D eigenvalue weighted by Crippen LogP contribution is -2.34. The van der Waals surface area contributed by atoms with Crippen molar-refractivity contribution in [3.05, 3.63) is 59.2 Å². The second-order valence-corrected chi connectivity index (χ2v) is 6.90. The molecule has 0 saturated heterocycles. The van der Waals surface area contributed by atoms with Gasteiger partial charge in [0.15, 0.2) is 0 Å². The lowest BCUT2D eigenvalue weighted by Gasteiger charge is -2.19. The van der Waals surface area contributed by atoms with E-state index in [1.807, 2.05) is 25.2 Å². The number of rotatable bonds is 10. The largest absolute Gasteiger partial charge is 0.496 e. The van der Waals surface area contributed by atoms with E-state index in [1.54, 1.807) is 0 Å². The van der Waals surface area contributed by atoms with Gasteiger partial charge >= 0.3 is 6.18 Å². The summed E-state index contributed by atoms with van der Waals surface area (Å²) in [7, 11) is 4.38. The zero-order chi connectivity index (χ0) is 22.1. The van der Waals surface area contributed by atoms with Gasteiger partial charge in [0.05, 0.1) is 19.8 Å². The molecule has 0 aliphatic carbocycles. The average Bonchev–Trinajstić information content (AvgIpc) is 2.72. The number of carbonyl (C=O) groups excluding carboxylic acids is 1. The Morgan fingerprint density at radius 3 is 2.17 bits per heavy atom. The van der Waals surface area contributed by atoms with Gasteiger partial charge in [0, 0.05) is 13.1 Å². The third-order valence-electron chi connectivity index (χ3n) is 4.69. The van der Waals surface area contributed by atoms with Crippen LogP contribution < -0.4 is 14.8 Å². The lowest BCUT2D eigenvalue weighted by molar-refractivity contribution is -0.137. The first-order valence-corrected chi connectivity index (χ1v) is 9.60. The molecule has 0 saturated carbocycles. The number of aryl methyl sites for hydroxylation is 1. The molecular formula is C22H27F3N2O3. The van der Waals surface area contributed by atoms with Crippen LogP contribution in [0, 0.1) is 0 Å². The van der Waals surface area contributed by atoms with Gasteiger partial charge in [-0.2, -0.15) is 13.2 Å². The van der Waals surface area contributed by atoms with E-state index < -0.39 is 17.6 Å². The molecule has 2 rings (SSSR count). The van der Waals surface area contributed by atoms with Crippen molar-refractivity contribution in [1.29, 1.82) is 0 Å². The van der Waals surface area contributed by atoms with E-state index in [-0.39, 0.29) is 17.1 Å². The molecule has 1 N–H and O–H groups in total. The molecular weight excluding hydrogens is 397 g/mol. The van der Waals surface area contributed by atoms with E-state index in [0.717, 1.165) is 31.5 Å². The SMILES string of the molecule is COc1cc(C(F)(F)F)cc(OC)c1C(=O)NCCN(C)CCCc1ccccc1. The van der Waals surface area contributed by atoms with Crippen LogP contribution in [0.3, 0.4) is 0 Å². The summed E-state index contributed by atoms with van der Waals surface area (Å²) in [6, 6.07) is 11.8. The molecule has 0 aliphatic rings. The van der Waals surface area contributed by atoms with Crippen LogP contribution in [0.2, 0.25) is 0 Å². The van der Waals surface area contributed by atoms with Gasteiger partial charge in [-0.1, -0.05) is 30.3 Å². The van der Waals surface area contributed by atoms with Crippen molar-refractivity contribution in [2.45, 2.75) is 19.0 Å². The molecule has 0 aromatic heterocycles. The number of ether oxygens (including phenoxy) is 2. The van der Waals surface area contributed by atoms with E-state index in [1.165, 1.54) is 19.8 Å². The predicted octanol–water partition coefficient (Wildman–Crippen LogP) is 4.02. The molecule has 8 heteroatoms. The second kappa shape index (κ2) is 10.9. The van der Waals surface area contributed by atoms with Crippen LogP contribution in [0.15, 0.2) is 42.5 Å². The number of nitrogens with zero attached hydrogens (tertiary/aromatic N) is 1. The first kappa shape index (κ1) is 23.5. The quantitative estimate of drug-likeness (QED) is 0.626. The van der Waals surface area contributed by atoms with Crippen molar-refractivity contribution in [3.8, 4) is 11.5 Å².